The smallest absolute Gasteiger partial charge is 0.193 e. The number of nitrogens with one attached hydrogen (secondary N) is 1. The van der Waals surface area contributed by atoms with Crippen molar-refractivity contribution in [2.75, 3.05) is 11.9 Å². The molecule has 17 heavy (non-hydrogen) atoms. The Kier molecular flexibility index (Phi) is 3.67. The van der Waals surface area contributed by atoms with Gasteiger partial charge >= 0.3 is 0 Å². The lowest BCUT2D eigenvalue weighted by Crippen LogP contribution is -2.23. The van der Waals surface area contributed by atoms with Crippen molar-refractivity contribution < 1.29 is 0 Å². The third-order valence-electron chi connectivity index (χ3n) is 3.30. The SMILES string of the molecule is Cc1ccc(NC(N)=NCCC2CC2)cc1C. The summed E-state index contributed by atoms with van der Waals surface area (Å²) in [5.41, 5.74) is 9.41. The van der Waals surface area contributed by atoms with Crippen molar-refractivity contribution in [1.82, 2.24) is 0 Å². The van der Waals surface area contributed by atoms with Crippen molar-refractivity contribution in [2.45, 2.75) is 33.1 Å². The first-order valence-corrected chi connectivity index (χ1v) is 6.29. The summed E-state index contributed by atoms with van der Waals surface area (Å²) in [5.74, 6) is 1.43. The molecule has 1 fully saturated rings. The molecule has 3 heteroatoms. The Morgan fingerprint density at radius 1 is 1.35 bits per heavy atom. The van der Waals surface area contributed by atoms with E-state index in [1.165, 1.54) is 30.4 Å². The van der Waals surface area contributed by atoms with Crippen molar-refractivity contribution >= 4 is 11.6 Å². The maximum absolute atomic E-state index is 5.84. The first-order valence-electron chi connectivity index (χ1n) is 6.29. The van der Waals surface area contributed by atoms with Crippen LogP contribution in [0.2, 0.25) is 0 Å². The van der Waals surface area contributed by atoms with E-state index in [-0.39, 0.29) is 0 Å². The first kappa shape index (κ1) is 12.0. The minimum Gasteiger partial charge on any atom is -0.370 e. The third kappa shape index (κ3) is 3.77. The molecule has 1 aromatic carbocycles. The van der Waals surface area contributed by atoms with E-state index in [0.717, 1.165) is 18.2 Å². The number of nitrogens with zero attached hydrogens (tertiary/aromatic N) is 1. The molecule has 0 aromatic heterocycles. The van der Waals surface area contributed by atoms with Gasteiger partial charge in [0.25, 0.3) is 0 Å². The Balaban J connectivity index is 1.87. The fraction of sp³-hybridized carbons (Fsp3) is 0.500. The van der Waals surface area contributed by atoms with Crippen molar-refractivity contribution in [3.05, 3.63) is 29.3 Å². The van der Waals surface area contributed by atoms with Crippen LogP contribution in [-0.2, 0) is 0 Å². The van der Waals surface area contributed by atoms with Crippen LogP contribution in [0.3, 0.4) is 0 Å². The van der Waals surface area contributed by atoms with Crippen molar-refractivity contribution in [3.8, 4) is 0 Å². The molecule has 92 valence electrons. The molecule has 1 aromatic rings. The van der Waals surface area contributed by atoms with Gasteiger partial charge in [0.1, 0.15) is 0 Å². The van der Waals surface area contributed by atoms with Gasteiger partial charge in [0.05, 0.1) is 0 Å². The van der Waals surface area contributed by atoms with E-state index >= 15 is 0 Å². The second-order valence-corrected chi connectivity index (χ2v) is 4.92. The highest BCUT2D eigenvalue weighted by molar-refractivity contribution is 5.92. The number of rotatable bonds is 4. The zero-order valence-electron chi connectivity index (χ0n) is 10.7. The number of hydrogen-bond acceptors (Lipinski definition) is 1. The van der Waals surface area contributed by atoms with Gasteiger partial charge in [-0.25, -0.2) is 0 Å². The van der Waals surface area contributed by atoms with Crippen LogP contribution in [0.25, 0.3) is 0 Å². The van der Waals surface area contributed by atoms with Gasteiger partial charge in [-0.15, -0.1) is 0 Å². The Morgan fingerprint density at radius 3 is 2.76 bits per heavy atom. The fourth-order valence-electron chi connectivity index (χ4n) is 1.78. The zero-order valence-corrected chi connectivity index (χ0v) is 10.7. The molecule has 0 heterocycles. The summed E-state index contributed by atoms with van der Waals surface area (Å²) in [6.45, 7) is 5.04. The summed E-state index contributed by atoms with van der Waals surface area (Å²) in [5, 5.41) is 3.13. The second-order valence-electron chi connectivity index (χ2n) is 4.92. The second kappa shape index (κ2) is 5.21. The van der Waals surface area contributed by atoms with E-state index in [0.29, 0.717) is 5.96 Å². The molecular weight excluding hydrogens is 210 g/mol. The van der Waals surface area contributed by atoms with Crippen LogP contribution < -0.4 is 11.1 Å². The van der Waals surface area contributed by atoms with Crippen molar-refractivity contribution in [3.63, 3.8) is 0 Å². The average molecular weight is 231 g/mol. The molecule has 0 bridgehead atoms. The van der Waals surface area contributed by atoms with Gasteiger partial charge in [0.15, 0.2) is 5.96 Å². The third-order valence-corrected chi connectivity index (χ3v) is 3.30. The van der Waals surface area contributed by atoms with E-state index in [9.17, 15) is 0 Å². The predicted molar refractivity (Wildman–Crippen MR) is 73.4 cm³/mol. The van der Waals surface area contributed by atoms with Crippen LogP contribution in [0.1, 0.15) is 30.4 Å². The lowest BCUT2D eigenvalue weighted by atomic mass is 10.1. The van der Waals surface area contributed by atoms with Gasteiger partial charge in [-0.1, -0.05) is 18.9 Å². The van der Waals surface area contributed by atoms with Crippen LogP contribution in [0.5, 0.6) is 0 Å². The fourth-order valence-corrected chi connectivity index (χ4v) is 1.78. The van der Waals surface area contributed by atoms with Gasteiger partial charge in [-0.3, -0.25) is 4.99 Å². The monoisotopic (exact) mass is 231 g/mol. The quantitative estimate of drug-likeness (QED) is 0.618. The summed E-state index contributed by atoms with van der Waals surface area (Å²) in [7, 11) is 0. The number of hydrogen-bond donors (Lipinski definition) is 2. The maximum Gasteiger partial charge on any atom is 0.193 e. The molecule has 0 atom stereocenters. The molecule has 0 unspecified atom stereocenters. The molecule has 0 spiro atoms. The lowest BCUT2D eigenvalue weighted by molar-refractivity contribution is 0.739. The van der Waals surface area contributed by atoms with Crippen LogP contribution >= 0.6 is 0 Å². The van der Waals surface area contributed by atoms with Gasteiger partial charge < -0.3 is 11.1 Å². The van der Waals surface area contributed by atoms with Crippen LogP contribution in [0.15, 0.2) is 23.2 Å². The van der Waals surface area contributed by atoms with Gasteiger partial charge in [-0.05, 0) is 49.4 Å². The minimum atomic E-state index is 0.522. The number of aryl methyl sites for hydroxylation is 2. The Bertz CT molecular complexity index is 419. The number of benzene rings is 1. The number of nitrogens with two attached hydrogens (primary N) is 1. The van der Waals surface area contributed by atoms with Crippen molar-refractivity contribution in [1.29, 1.82) is 0 Å². The number of guanidine groups is 1. The number of aliphatic imine (C=N–C) groups is 1. The summed E-state index contributed by atoms with van der Waals surface area (Å²) in [4.78, 5) is 4.34. The first-order chi connectivity index (χ1) is 8.15. The largest absolute Gasteiger partial charge is 0.370 e. The highest BCUT2D eigenvalue weighted by Gasteiger charge is 2.19. The summed E-state index contributed by atoms with van der Waals surface area (Å²) >= 11 is 0. The van der Waals surface area contributed by atoms with Gasteiger partial charge in [0.2, 0.25) is 0 Å². The van der Waals surface area contributed by atoms with Crippen molar-refractivity contribution in [2.24, 2.45) is 16.6 Å². The normalized spacial score (nSPS) is 16.0. The van der Waals surface area contributed by atoms with E-state index in [1.54, 1.807) is 0 Å². The average Bonchev–Trinajstić information content (AvgIpc) is 3.07. The lowest BCUT2D eigenvalue weighted by Gasteiger charge is -2.08. The molecular formula is C14H21N3. The van der Waals surface area contributed by atoms with E-state index < -0.39 is 0 Å². The summed E-state index contributed by atoms with van der Waals surface area (Å²) < 4.78 is 0. The van der Waals surface area contributed by atoms with Crippen LogP contribution in [0.4, 0.5) is 5.69 Å². The molecule has 3 nitrogen and oxygen atoms in total. The van der Waals surface area contributed by atoms with Crippen LogP contribution in [0, 0.1) is 19.8 Å². The standard InChI is InChI=1S/C14H21N3/c1-10-3-6-13(9-11(10)2)17-14(15)16-8-7-12-4-5-12/h3,6,9,12H,4-5,7-8H2,1-2H3,(H3,15,16,17). The molecule has 1 saturated carbocycles. The highest BCUT2D eigenvalue weighted by Crippen LogP contribution is 2.32. The number of anilines is 1. The Hall–Kier alpha value is -1.51. The molecule has 1 aliphatic carbocycles. The van der Waals surface area contributed by atoms with Crippen LogP contribution in [-0.4, -0.2) is 12.5 Å². The molecule has 0 saturated heterocycles. The van der Waals surface area contributed by atoms with Gasteiger partial charge in [0, 0.05) is 12.2 Å². The zero-order chi connectivity index (χ0) is 12.3. The molecule has 0 aliphatic heterocycles. The Morgan fingerprint density at radius 2 is 2.12 bits per heavy atom. The minimum absolute atomic E-state index is 0.522. The molecule has 2 rings (SSSR count). The topological polar surface area (TPSA) is 50.4 Å². The Labute approximate surface area is 103 Å². The molecule has 0 radical (unpaired) electrons. The molecule has 1 aliphatic rings. The maximum atomic E-state index is 5.84. The van der Waals surface area contributed by atoms with E-state index in [1.807, 2.05) is 6.07 Å². The highest BCUT2D eigenvalue weighted by atomic mass is 15.1. The summed E-state index contributed by atoms with van der Waals surface area (Å²) in [6.07, 6.45) is 3.93. The van der Waals surface area contributed by atoms with E-state index in [4.69, 9.17) is 5.73 Å². The van der Waals surface area contributed by atoms with Gasteiger partial charge in [-0.2, -0.15) is 0 Å². The van der Waals surface area contributed by atoms with E-state index in [2.05, 4.69) is 36.3 Å². The predicted octanol–water partition coefficient (Wildman–Crippen LogP) is 2.83. The molecule has 0 amide bonds. The summed E-state index contributed by atoms with van der Waals surface area (Å²) in [6, 6.07) is 6.22. The molecule has 3 N–H and O–H groups in total.